The molecule has 3 aromatic rings. The van der Waals surface area contributed by atoms with Crippen molar-refractivity contribution in [3.63, 3.8) is 0 Å². The van der Waals surface area contributed by atoms with Crippen molar-refractivity contribution < 1.29 is 22.4 Å². The SMILES string of the molecule is CC(C)(C)NC(=O)[C@H](Cc1ccccc1)N(Cc1ccccc1F)C(=O)CCCN(c1cc(Cl)ccc1Cl)S(C)(=O)=O. The van der Waals surface area contributed by atoms with Gasteiger partial charge in [0.15, 0.2) is 0 Å². The zero-order valence-corrected chi connectivity index (χ0v) is 26.4. The minimum Gasteiger partial charge on any atom is -0.350 e. The Balaban J connectivity index is 1.93. The number of benzene rings is 3. The van der Waals surface area contributed by atoms with E-state index in [4.69, 9.17) is 23.2 Å². The van der Waals surface area contributed by atoms with Crippen LogP contribution in [0.5, 0.6) is 0 Å². The summed E-state index contributed by atoms with van der Waals surface area (Å²) < 4.78 is 41.2. The Hall–Kier alpha value is -3.14. The molecule has 0 fully saturated rings. The van der Waals surface area contributed by atoms with Gasteiger partial charge in [0.25, 0.3) is 0 Å². The van der Waals surface area contributed by atoms with E-state index in [9.17, 15) is 22.4 Å². The molecule has 0 aliphatic heterocycles. The minimum atomic E-state index is -3.77. The van der Waals surface area contributed by atoms with Crippen molar-refractivity contribution >= 4 is 50.7 Å². The van der Waals surface area contributed by atoms with Crippen LogP contribution in [0.1, 0.15) is 44.7 Å². The lowest BCUT2D eigenvalue weighted by molar-refractivity contribution is -0.142. The standard InChI is InChI=1S/C31H36Cl2FN3O4S/c1-31(2,3)35-30(39)28(19-22-11-6-5-7-12-22)36(21-23-13-8-9-14-26(23)34)29(38)15-10-18-37(42(4,40)41)27-20-24(32)16-17-25(27)33/h5-9,11-14,16-17,20,28H,10,15,18-19,21H2,1-4H3,(H,35,39)/t28-/m0/s1. The van der Waals surface area contributed by atoms with Crippen molar-refractivity contribution in [1.29, 1.82) is 0 Å². The van der Waals surface area contributed by atoms with Crippen LogP contribution in [0.15, 0.2) is 72.8 Å². The van der Waals surface area contributed by atoms with Crippen molar-refractivity contribution in [2.24, 2.45) is 0 Å². The third-order valence-corrected chi connectivity index (χ3v) is 8.13. The lowest BCUT2D eigenvalue weighted by Crippen LogP contribution is -2.54. The Morgan fingerprint density at radius 2 is 1.62 bits per heavy atom. The van der Waals surface area contributed by atoms with Crippen molar-refractivity contribution in [2.75, 3.05) is 17.1 Å². The number of sulfonamides is 1. The largest absolute Gasteiger partial charge is 0.350 e. The van der Waals surface area contributed by atoms with Crippen molar-refractivity contribution in [3.05, 3.63) is 99.8 Å². The van der Waals surface area contributed by atoms with E-state index in [1.807, 2.05) is 51.1 Å². The fraction of sp³-hybridized carbons (Fsp3) is 0.355. The predicted molar refractivity (Wildman–Crippen MR) is 167 cm³/mol. The molecule has 3 aromatic carbocycles. The molecule has 1 atom stereocenters. The third-order valence-electron chi connectivity index (χ3n) is 6.40. The molecule has 0 saturated carbocycles. The zero-order valence-electron chi connectivity index (χ0n) is 24.1. The Bertz CT molecular complexity index is 1500. The van der Waals surface area contributed by atoms with Gasteiger partial charge >= 0.3 is 0 Å². The molecule has 0 aliphatic rings. The number of halogens is 3. The average Bonchev–Trinajstić information content (AvgIpc) is 2.90. The van der Waals surface area contributed by atoms with Gasteiger partial charge in [-0.2, -0.15) is 0 Å². The zero-order chi connectivity index (χ0) is 31.1. The second-order valence-corrected chi connectivity index (χ2v) is 13.8. The fourth-order valence-corrected chi connectivity index (χ4v) is 5.88. The summed E-state index contributed by atoms with van der Waals surface area (Å²) in [5, 5.41) is 3.46. The predicted octanol–water partition coefficient (Wildman–Crippen LogP) is 6.23. The number of nitrogens with zero attached hydrogens (tertiary/aromatic N) is 2. The van der Waals surface area contributed by atoms with Gasteiger partial charge in [-0.1, -0.05) is 71.7 Å². The highest BCUT2D eigenvalue weighted by molar-refractivity contribution is 7.92. The average molecular weight is 637 g/mol. The van der Waals surface area contributed by atoms with Crippen LogP contribution in [0, 0.1) is 5.82 Å². The van der Waals surface area contributed by atoms with Gasteiger partial charge in [-0.25, -0.2) is 12.8 Å². The van der Waals surface area contributed by atoms with Gasteiger partial charge in [0, 0.05) is 42.1 Å². The molecule has 1 N–H and O–H groups in total. The molecular formula is C31H36Cl2FN3O4S. The Labute approximate surface area is 257 Å². The molecule has 0 radical (unpaired) electrons. The van der Waals surface area contributed by atoms with Gasteiger partial charge in [-0.3, -0.25) is 13.9 Å². The van der Waals surface area contributed by atoms with Crippen LogP contribution in [-0.4, -0.2) is 49.5 Å². The molecule has 0 bridgehead atoms. The van der Waals surface area contributed by atoms with E-state index in [2.05, 4.69) is 5.32 Å². The van der Waals surface area contributed by atoms with Crippen LogP contribution < -0.4 is 9.62 Å². The first-order valence-corrected chi connectivity index (χ1v) is 16.1. The van der Waals surface area contributed by atoms with Crippen molar-refractivity contribution in [3.8, 4) is 0 Å². The quantitative estimate of drug-likeness (QED) is 0.255. The number of hydrogen-bond acceptors (Lipinski definition) is 4. The van der Waals surface area contributed by atoms with Crippen LogP contribution in [-0.2, 0) is 32.6 Å². The Morgan fingerprint density at radius 1 is 0.976 bits per heavy atom. The van der Waals surface area contributed by atoms with Crippen molar-refractivity contribution in [1.82, 2.24) is 10.2 Å². The number of hydrogen-bond donors (Lipinski definition) is 1. The van der Waals surface area contributed by atoms with Crippen LogP contribution >= 0.6 is 23.2 Å². The van der Waals surface area contributed by atoms with Gasteiger partial charge in [0.05, 0.1) is 17.0 Å². The number of anilines is 1. The van der Waals surface area contributed by atoms with E-state index in [0.29, 0.717) is 5.02 Å². The lowest BCUT2D eigenvalue weighted by Gasteiger charge is -2.34. The molecule has 0 saturated heterocycles. The second kappa shape index (κ2) is 14.4. The summed E-state index contributed by atoms with van der Waals surface area (Å²) in [4.78, 5) is 28.9. The monoisotopic (exact) mass is 635 g/mol. The van der Waals surface area contributed by atoms with Crippen LogP contribution in [0.3, 0.4) is 0 Å². The molecule has 3 rings (SSSR count). The molecule has 0 heterocycles. The van der Waals surface area contributed by atoms with E-state index in [1.165, 1.54) is 23.1 Å². The lowest BCUT2D eigenvalue weighted by atomic mass is 10.00. The van der Waals surface area contributed by atoms with Gasteiger partial charge in [-0.15, -0.1) is 0 Å². The molecule has 0 aliphatic carbocycles. The summed E-state index contributed by atoms with van der Waals surface area (Å²) in [5.74, 6) is -1.29. The molecule has 0 spiro atoms. The number of rotatable bonds is 12. The van der Waals surface area contributed by atoms with Crippen LogP contribution in [0.25, 0.3) is 0 Å². The Kier molecular flexibility index (Phi) is 11.4. The number of carbonyl (C=O) groups excluding carboxylic acids is 2. The third kappa shape index (κ3) is 9.71. The highest BCUT2D eigenvalue weighted by Gasteiger charge is 2.33. The number of nitrogens with one attached hydrogen (secondary N) is 1. The van der Waals surface area contributed by atoms with Crippen LogP contribution in [0.2, 0.25) is 10.0 Å². The number of amides is 2. The second-order valence-electron chi connectivity index (χ2n) is 11.1. The molecule has 2 amide bonds. The maximum absolute atomic E-state index is 14.8. The number of carbonyl (C=O) groups is 2. The van der Waals surface area contributed by atoms with E-state index in [1.54, 1.807) is 24.3 Å². The first-order valence-electron chi connectivity index (χ1n) is 13.5. The first-order chi connectivity index (χ1) is 19.7. The van der Waals surface area contributed by atoms with Crippen LogP contribution in [0.4, 0.5) is 10.1 Å². The highest BCUT2D eigenvalue weighted by Crippen LogP contribution is 2.31. The smallest absolute Gasteiger partial charge is 0.243 e. The summed E-state index contributed by atoms with van der Waals surface area (Å²) in [6.07, 6.45) is 1.26. The summed E-state index contributed by atoms with van der Waals surface area (Å²) in [6.45, 7) is 5.32. The molecule has 7 nitrogen and oxygen atoms in total. The maximum Gasteiger partial charge on any atom is 0.243 e. The summed E-state index contributed by atoms with van der Waals surface area (Å²) in [5.41, 5.74) is 0.715. The molecular weight excluding hydrogens is 600 g/mol. The van der Waals surface area contributed by atoms with E-state index >= 15 is 0 Å². The van der Waals surface area contributed by atoms with Gasteiger partial charge in [-0.05, 0) is 57.0 Å². The molecule has 0 unspecified atom stereocenters. The molecule has 42 heavy (non-hydrogen) atoms. The Morgan fingerprint density at radius 3 is 2.24 bits per heavy atom. The van der Waals surface area contributed by atoms with E-state index in [0.717, 1.165) is 16.1 Å². The van der Waals surface area contributed by atoms with Gasteiger partial charge < -0.3 is 10.2 Å². The fourth-order valence-electron chi connectivity index (χ4n) is 4.48. The minimum absolute atomic E-state index is 0.0598. The van der Waals surface area contributed by atoms with Gasteiger partial charge in [0.2, 0.25) is 21.8 Å². The first kappa shape index (κ1) is 33.4. The highest BCUT2D eigenvalue weighted by atomic mass is 35.5. The maximum atomic E-state index is 14.8. The summed E-state index contributed by atoms with van der Waals surface area (Å²) in [6, 6.07) is 18.9. The summed E-state index contributed by atoms with van der Waals surface area (Å²) >= 11 is 12.4. The van der Waals surface area contributed by atoms with Crippen molar-refractivity contribution in [2.45, 2.75) is 58.2 Å². The summed E-state index contributed by atoms with van der Waals surface area (Å²) in [7, 11) is -3.77. The topological polar surface area (TPSA) is 86.8 Å². The van der Waals surface area contributed by atoms with E-state index < -0.39 is 33.3 Å². The normalized spacial score (nSPS) is 12.5. The van der Waals surface area contributed by atoms with Gasteiger partial charge in [0.1, 0.15) is 11.9 Å². The van der Waals surface area contributed by atoms with E-state index in [-0.39, 0.29) is 54.5 Å². The molecule has 11 heteroatoms. The molecule has 0 aromatic heterocycles. The molecule has 226 valence electrons.